The maximum Gasteiger partial charge on any atom is 0.234 e. The highest BCUT2D eigenvalue weighted by Crippen LogP contribution is 2.40. The zero-order valence-electron chi connectivity index (χ0n) is 14.3. The highest BCUT2D eigenvalue weighted by molar-refractivity contribution is 7.23. The Bertz CT molecular complexity index is 855. The van der Waals surface area contributed by atoms with Gasteiger partial charge in [0.15, 0.2) is 0 Å². The lowest BCUT2D eigenvalue weighted by molar-refractivity contribution is -0.122. The number of anilines is 1. The normalized spacial score (nSPS) is 27.0. The fraction of sp³-hybridized carbons (Fsp3) is 0.474. The third-order valence-corrected chi connectivity index (χ3v) is 6.72. The minimum absolute atomic E-state index is 0.141. The number of likely N-dealkylation sites (tertiary alicyclic amines) is 1. The van der Waals surface area contributed by atoms with Gasteiger partial charge in [0, 0.05) is 35.8 Å². The molecule has 0 unspecified atom stereocenters. The van der Waals surface area contributed by atoms with E-state index in [9.17, 15) is 10.1 Å². The van der Waals surface area contributed by atoms with Crippen molar-refractivity contribution in [1.82, 2.24) is 4.90 Å². The third-order valence-electron chi connectivity index (χ3n) is 5.49. The summed E-state index contributed by atoms with van der Waals surface area (Å²) >= 11 is 1.69. The first kappa shape index (κ1) is 16.4. The number of hydrogen-bond donors (Lipinski definition) is 1. The summed E-state index contributed by atoms with van der Waals surface area (Å²) in [4.78, 5) is 16.4. The summed E-state index contributed by atoms with van der Waals surface area (Å²) < 4.78 is 1.15. The van der Waals surface area contributed by atoms with Crippen LogP contribution in [0.15, 0.2) is 24.3 Å². The van der Waals surface area contributed by atoms with Gasteiger partial charge < -0.3 is 10.6 Å². The number of benzene rings is 1. The second kappa shape index (κ2) is 6.32. The number of nitrogens with zero attached hydrogens (tertiary/aromatic N) is 3. The summed E-state index contributed by atoms with van der Waals surface area (Å²) in [5.41, 5.74) is 6.41. The van der Waals surface area contributed by atoms with Crippen molar-refractivity contribution in [1.29, 1.82) is 5.26 Å². The summed E-state index contributed by atoms with van der Waals surface area (Å²) in [6, 6.07) is 10.7. The standard InChI is InChI=1S/C19H22N4OS/c1-12-8-16(18(21)24)23(10-12)13-6-7-22(11-13)19-15(9-20)14-4-2-3-5-17(14)25-19/h2-5,12-13,16H,6-8,10-11H2,1H3,(H2,21,24)/t12-,13-,16-/m0/s1. The van der Waals surface area contributed by atoms with Crippen LogP contribution in [0.5, 0.6) is 0 Å². The molecule has 3 heterocycles. The zero-order chi connectivity index (χ0) is 17.6. The molecule has 1 aromatic carbocycles. The molecule has 1 amide bonds. The van der Waals surface area contributed by atoms with Crippen LogP contribution < -0.4 is 10.6 Å². The van der Waals surface area contributed by atoms with Crippen molar-refractivity contribution >= 4 is 32.3 Å². The lowest BCUT2D eigenvalue weighted by atomic mass is 10.1. The number of carbonyl (C=O) groups excluding carboxylic acids is 1. The van der Waals surface area contributed by atoms with Gasteiger partial charge >= 0.3 is 0 Å². The SMILES string of the molecule is C[C@H]1C[C@@H](C(N)=O)N([C@H]2CCN(c3sc4ccccc4c3C#N)C2)C1. The van der Waals surface area contributed by atoms with E-state index in [0.717, 1.165) is 53.1 Å². The van der Waals surface area contributed by atoms with Gasteiger partial charge in [-0.25, -0.2) is 0 Å². The topological polar surface area (TPSA) is 73.4 Å². The van der Waals surface area contributed by atoms with Crippen molar-refractivity contribution in [3.8, 4) is 6.07 Å². The molecule has 0 saturated carbocycles. The molecule has 2 N–H and O–H groups in total. The van der Waals surface area contributed by atoms with Gasteiger partial charge in [0.1, 0.15) is 11.1 Å². The molecule has 1 aromatic heterocycles. The van der Waals surface area contributed by atoms with Gasteiger partial charge in [-0.05, 0) is 24.8 Å². The van der Waals surface area contributed by atoms with Gasteiger partial charge in [-0.15, -0.1) is 11.3 Å². The van der Waals surface area contributed by atoms with E-state index in [1.807, 2.05) is 18.2 Å². The Kier molecular flexibility index (Phi) is 4.14. The predicted octanol–water partition coefficient (Wildman–Crippen LogP) is 2.55. The van der Waals surface area contributed by atoms with Crippen molar-refractivity contribution in [2.24, 2.45) is 11.7 Å². The number of thiophene rings is 1. The molecule has 2 aliphatic heterocycles. The number of carbonyl (C=O) groups is 1. The van der Waals surface area contributed by atoms with E-state index in [0.29, 0.717) is 12.0 Å². The van der Waals surface area contributed by atoms with E-state index in [1.165, 1.54) is 0 Å². The molecule has 2 aromatic rings. The van der Waals surface area contributed by atoms with E-state index < -0.39 is 0 Å². The van der Waals surface area contributed by atoms with Crippen LogP contribution in [0.1, 0.15) is 25.3 Å². The Balaban J connectivity index is 1.59. The van der Waals surface area contributed by atoms with E-state index in [-0.39, 0.29) is 11.9 Å². The Morgan fingerprint density at radius 1 is 1.36 bits per heavy atom. The first-order chi connectivity index (χ1) is 12.1. The Morgan fingerprint density at radius 2 is 2.16 bits per heavy atom. The van der Waals surface area contributed by atoms with Crippen LogP contribution in [0.3, 0.4) is 0 Å². The molecule has 2 saturated heterocycles. The van der Waals surface area contributed by atoms with E-state index in [1.54, 1.807) is 11.3 Å². The molecule has 6 heteroatoms. The lowest BCUT2D eigenvalue weighted by Gasteiger charge is -2.28. The smallest absolute Gasteiger partial charge is 0.234 e. The number of primary amides is 1. The zero-order valence-corrected chi connectivity index (χ0v) is 15.1. The molecular weight excluding hydrogens is 332 g/mol. The van der Waals surface area contributed by atoms with Crippen LogP contribution in [-0.2, 0) is 4.79 Å². The lowest BCUT2D eigenvalue weighted by Crippen LogP contribution is -2.47. The number of nitrogens with two attached hydrogens (primary N) is 1. The van der Waals surface area contributed by atoms with E-state index in [4.69, 9.17) is 5.73 Å². The second-order valence-electron chi connectivity index (χ2n) is 7.23. The molecule has 0 radical (unpaired) electrons. The summed E-state index contributed by atoms with van der Waals surface area (Å²) in [6.45, 7) is 4.90. The average Bonchev–Trinajstić information content (AvgIpc) is 3.29. The van der Waals surface area contributed by atoms with E-state index in [2.05, 4.69) is 28.9 Å². The van der Waals surface area contributed by atoms with Crippen molar-refractivity contribution in [3.05, 3.63) is 29.8 Å². The van der Waals surface area contributed by atoms with Crippen molar-refractivity contribution in [2.75, 3.05) is 24.5 Å². The van der Waals surface area contributed by atoms with Gasteiger partial charge in [0.2, 0.25) is 5.91 Å². The van der Waals surface area contributed by atoms with Crippen LogP contribution in [0.2, 0.25) is 0 Å². The number of rotatable bonds is 3. The van der Waals surface area contributed by atoms with Gasteiger partial charge in [-0.1, -0.05) is 25.1 Å². The summed E-state index contributed by atoms with van der Waals surface area (Å²) in [6.07, 6.45) is 1.87. The van der Waals surface area contributed by atoms with Crippen molar-refractivity contribution in [3.63, 3.8) is 0 Å². The number of fused-ring (bicyclic) bond motifs is 1. The van der Waals surface area contributed by atoms with E-state index >= 15 is 0 Å². The molecule has 2 fully saturated rings. The monoisotopic (exact) mass is 354 g/mol. The molecule has 0 aliphatic carbocycles. The highest BCUT2D eigenvalue weighted by Gasteiger charge is 2.40. The fourth-order valence-electron chi connectivity index (χ4n) is 4.32. The number of hydrogen-bond acceptors (Lipinski definition) is 5. The summed E-state index contributed by atoms with van der Waals surface area (Å²) in [5, 5.41) is 11.8. The minimum atomic E-state index is -0.206. The molecule has 130 valence electrons. The maximum absolute atomic E-state index is 11.8. The maximum atomic E-state index is 11.8. The van der Waals surface area contributed by atoms with Crippen LogP contribution in [0, 0.1) is 17.2 Å². The quantitative estimate of drug-likeness (QED) is 0.919. The van der Waals surface area contributed by atoms with Gasteiger partial charge in [0.05, 0.1) is 11.6 Å². The summed E-state index contributed by atoms with van der Waals surface area (Å²) in [7, 11) is 0. The third kappa shape index (κ3) is 2.78. The Morgan fingerprint density at radius 3 is 2.92 bits per heavy atom. The van der Waals surface area contributed by atoms with Gasteiger partial charge in [-0.2, -0.15) is 5.26 Å². The molecule has 0 bridgehead atoms. The molecular formula is C19H22N4OS. The van der Waals surface area contributed by atoms with Gasteiger partial charge in [0.25, 0.3) is 0 Å². The average molecular weight is 354 g/mol. The summed E-state index contributed by atoms with van der Waals surface area (Å²) in [5.74, 6) is 0.299. The second-order valence-corrected chi connectivity index (χ2v) is 8.27. The number of amides is 1. The van der Waals surface area contributed by atoms with Crippen LogP contribution >= 0.6 is 11.3 Å². The molecule has 2 aliphatic rings. The highest BCUT2D eigenvalue weighted by atomic mass is 32.1. The Hall–Kier alpha value is -2.10. The van der Waals surface area contributed by atoms with Crippen molar-refractivity contribution < 1.29 is 4.79 Å². The fourth-order valence-corrected chi connectivity index (χ4v) is 5.51. The molecule has 25 heavy (non-hydrogen) atoms. The van der Waals surface area contributed by atoms with Crippen LogP contribution in [0.25, 0.3) is 10.1 Å². The molecule has 3 atom stereocenters. The molecule has 0 spiro atoms. The first-order valence-electron chi connectivity index (χ1n) is 8.80. The van der Waals surface area contributed by atoms with Crippen LogP contribution in [0.4, 0.5) is 5.00 Å². The van der Waals surface area contributed by atoms with Crippen LogP contribution in [-0.4, -0.2) is 42.5 Å². The van der Waals surface area contributed by atoms with Gasteiger partial charge in [-0.3, -0.25) is 9.69 Å². The largest absolute Gasteiger partial charge is 0.368 e. The van der Waals surface area contributed by atoms with Crippen molar-refractivity contribution in [2.45, 2.75) is 31.8 Å². The minimum Gasteiger partial charge on any atom is -0.368 e. The molecule has 4 rings (SSSR count). The predicted molar refractivity (Wildman–Crippen MR) is 101 cm³/mol. The number of nitriles is 1. The Labute approximate surface area is 151 Å². The molecule has 5 nitrogen and oxygen atoms in total. The first-order valence-corrected chi connectivity index (χ1v) is 9.61.